The van der Waals surface area contributed by atoms with Gasteiger partial charge in [-0.15, -0.1) is 0 Å². The normalized spacial score (nSPS) is 24.4. The molecule has 1 fully saturated rings. The Morgan fingerprint density at radius 3 is 2.76 bits per heavy atom. The summed E-state index contributed by atoms with van der Waals surface area (Å²) in [5, 5.41) is 3.10. The average molecular weight is 242 g/mol. The first kappa shape index (κ1) is 14.5. The molecule has 17 heavy (non-hydrogen) atoms. The molecule has 2 atom stereocenters. The predicted octanol–water partition coefficient (Wildman–Crippen LogP) is 1.29. The van der Waals surface area contributed by atoms with Crippen molar-refractivity contribution in [3.05, 3.63) is 0 Å². The highest BCUT2D eigenvalue weighted by Crippen LogP contribution is 2.19. The maximum Gasteiger partial charge on any atom is 0.225 e. The van der Waals surface area contributed by atoms with Crippen LogP contribution in [0.1, 0.15) is 40.0 Å². The van der Waals surface area contributed by atoms with E-state index in [-0.39, 0.29) is 17.4 Å². The van der Waals surface area contributed by atoms with E-state index >= 15 is 0 Å². The minimum atomic E-state index is -0.289. The number of amides is 1. The van der Waals surface area contributed by atoms with Crippen LogP contribution in [-0.2, 0) is 9.53 Å². The fraction of sp³-hybridized carbons (Fsp3) is 0.923. The van der Waals surface area contributed by atoms with Crippen molar-refractivity contribution < 1.29 is 9.53 Å². The van der Waals surface area contributed by atoms with Gasteiger partial charge >= 0.3 is 0 Å². The Morgan fingerprint density at radius 1 is 1.59 bits per heavy atom. The monoisotopic (exact) mass is 242 g/mol. The summed E-state index contributed by atoms with van der Waals surface area (Å²) in [4.78, 5) is 12.1. The molecule has 0 radical (unpaired) electrons. The minimum absolute atomic E-state index is 0.00165. The van der Waals surface area contributed by atoms with Crippen LogP contribution >= 0.6 is 0 Å². The van der Waals surface area contributed by atoms with E-state index in [0.29, 0.717) is 19.1 Å². The molecule has 0 spiro atoms. The van der Waals surface area contributed by atoms with Gasteiger partial charge in [-0.3, -0.25) is 4.79 Å². The molecule has 3 N–H and O–H groups in total. The van der Waals surface area contributed by atoms with E-state index in [9.17, 15) is 4.79 Å². The van der Waals surface area contributed by atoms with Crippen LogP contribution in [0.4, 0.5) is 0 Å². The molecule has 1 heterocycles. The largest absolute Gasteiger partial charge is 0.381 e. The zero-order valence-electron chi connectivity index (χ0n) is 11.3. The van der Waals surface area contributed by atoms with Crippen LogP contribution in [0.25, 0.3) is 0 Å². The van der Waals surface area contributed by atoms with Gasteiger partial charge in [0.2, 0.25) is 5.91 Å². The summed E-state index contributed by atoms with van der Waals surface area (Å²) < 4.78 is 5.34. The van der Waals surface area contributed by atoms with Crippen LogP contribution < -0.4 is 11.1 Å². The molecule has 4 nitrogen and oxygen atoms in total. The second-order valence-corrected chi connectivity index (χ2v) is 5.77. The molecule has 100 valence electrons. The van der Waals surface area contributed by atoms with Crippen LogP contribution in [0, 0.1) is 11.8 Å². The Bertz CT molecular complexity index is 250. The third kappa shape index (κ3) is 4.64. The molecule has 1 rings (SSSR count). The van der Waals surface area contributed by atoms with Gasteiger partial charge in [-0.2, -0.15) is 0 Å². The number of hydrogen-bond acceptors (Lipinski definition) is 3. The van der Waals surface area contributed by atoms with Gasteiger partial charge in [-0.05, 0) is 32.1 Å². The van der Waals surface area contributed by atoms with E-state index in [1.807, 2.05) is 6.92 Å². The van der Waals surface area contributed by atoms with E-state index < -0.39 is 0 Å². The smallest absolute Gasteiger partial charge is 0.225 e. The van der Waals surface area contributed by atoms with Crippen LogP contribution in [-0.4, -0.2) is 31.2 Å². The zero-order valence-corrected chi connectivity index (χ0v) is 11.3. The van der Waals surface area contributed by atoms with E-state index in [1.165, 1.54) is 0 Å². The highest BCUT2D eigenvalue weighted by molar-refractivity contribution is 5.79. The highest BCUT2D eigenvalue weighted by Gasteiger charge is 2.30. The molecular weight excluding hydrogens is 216 g/mol. The first-order valence-electron chi connectivity index (χ1n) is 6.56. The molecule has 0 aromatic heterocycles. The Kier molecular flexibility index (Phi) is 5.40. The van der Waals surface area contributed by atoms with Gasteiger partial charge in [0.05, 0.1) is 12.5 Å². The SMILES string of the molecule is CC(C)CC(C)(CN)NC(=O)C1CCCOC1. The Hall–Kier alpha value is -0.610. The van der Waals surface area contributed by atoms with E-state index in [1.54, 1.807) is 0 Å². The summed E-state index contributed by atoms with van der Waals surface area (Å²) in [6.07, 6.45) is 2.80. The summed E-state index contributed by atoms with van der Waals surface area (Å²) >= 11 is 0. The first-order chi connectivity index (χ1) is 7.97. The van der Waals surface area contributed by atoms with Crippen molar-refractivity contribution in [1.82, 2.24) is 5.32 Å². The quantitative estimate of drug-likeness (QED) is 0.763. The average Bonchev–Trinajstić information content (AvgIpc) is 2.29. The van der Waals surface area contributed by atoms with Crippen molar-refractivity contribution in [3.63, 3.8) is 0 Å². The highest BCUT2D eigenvalue weighted by atomic mass is 16.5. The van der Waals surface area contributed by atoms with Crippen molar-refractivity contribution in [2.45, 2.75) is 45.6 Å². The second-order valence-electron chi connectivity index (χ2n) is 5.77. The molecule has 2 unspecified atom stereocenters. The third-order valence-corrected chi connectivity index (χ3v) is 3.27. The Balaban J connectivity index is 2.51. The molecule has 0 bridgehead atoms. The number of nitrogens with two attached hydrogens (primary N) is 1. The molecule has 1 aliphatic heterocycles. The van der Waals surface area contributed by atoms with Crippen LogP contribution in [0.15, 0.2) is 0 Å². The first-order valence-corrected chi connectivity index (χ1v) is 6.56. The summed E-state index contributed by atoms with van der Waals surface area (Å²) in [6.45, 7) is 8.12. The maximum atomic E-state index is 12.1. The van der Waals surface area contributed by atoms with Crippen LogP contribution in [0.5, 0.6) is 0 Å². The molecule has 1 saturated heterocycles. The topological polar surface area (TPSA) is 64.3 Å². The second kappa shape index (κ2) is 6.36. The molecule has 1 aliphatic rings. The molecule has 0 aromatic rings. The predicted molar refractivity (Wildman–Crippen MR) is 68.6 cm³/mol. The molecule has 0 aromatic carbocycles. The van der Waals surface area contributed by atoms with Crippen molar-refractivity contribution in [2.24, 2.45) is 17.6 Å². The number of hydrogen-bond donors (Lipinski definition) is 2. The Morgan fingerprint density at radius 2 is 2.29 bits per heavy atom. The Labute approximate surface area is 104 Å². The lowest BCUT2D eigenvalue weighted by molar-refractivity contribution is -0.130. The van der Waals surface area contributed by atoms with Crippen LogP contribution in [0.3, 0.4) is 0 Å². The molecule has 0 aliphatic carbocycles. The fourth-order valence-corrected chi connectivity index (χ4v) is 2.43. The van der Waals surface area contributed by atoms with Gasteiger partial charge in [-0.25, -0.2) is 0 Å². The molecule has 4 heteroatoms. The standard InChI is InChI=1S/C13H26N2O2/c1-10(2)7-13(3,9-14)15-12(16)11-5-4-6-17-8-11/h10-11H,4-9,14H2,1-3H3,(H,15,16). The molecular formula is C13H26N2O2. The lowest BCUT2D eigenvalue weighted by Crippen LogP contribution is -2.54. The van der Waals surface area contributed by atoms with Gasteiger partial charge in [0, 0.05) is 18.7 Å². The van der Waals surface area contributed by atoms with Crippen LogP contribution in [0.2, 0.25) is 0 Å². The fourth-order valence-electron chi connectivity index (χ4n) is 2.43. The number of ether oxygens (including phenoxy) is 1. The summed E-state index contributed by atoms with van der Waals surface area (Å²) in [5.74, 6) is 0.617. The maximum absolute atomic E-state index is 12.1. The summed E-state index contributed by atoms with van der Waals surface area (Å²) in [6, 6.07) is 0. The summed E-state index contributed by atoms with van der Waals surface area (Å²) in [5.41, 5.74) is 5.50. The third-order valence-electron chi connectivity index (χ3n) is 3.27. The van der Waals surface area contributed by atoms with Crippen molar-refractivity contribution in [2.75, 3.05) is 19.8 Å². The number of carbonyl (C=O) groups excluding carboxylic acids is 1. The van der Waals surface area contributed by atoms with Gasteiger partial charge in [0.25, 0.3) is 0 Å². The van der Waals surface area contributed by atoms with Gasteiger partial charge < -0.3 is 15.8 Å². The van der Waals surface area contributed by atoms with Crippen molar-refractivity contribution >= 4 is 5.91 Å². The van der Waals surface area contributed by atoms with Gasteiger partial charge in [-0.1, -0.05) is 13.8 Å². The van der Waals surface area contributed by atoms with Crippen molar-refractivity contribution in [1.29, 1.82) is 0 Å². The number of nitrogens with one attached hydrogen (secondary N) is 1. The van der Waals surface area contributed by atoms with E-state index in [2.05, 4.69) is 19.2 Å². The van der Waals surface area contributed by atoms with Crippen molar-refractivity contribution in [3.8, 4) is 0 Å². The number of rotatable bonds is 5. The number of carbonyl (C=O) groups is 1. The summed E-state index contributed by atoms with van der Waals surface area (Å²) in [7, 11) is 0. The minimum Gasteiger partial charge on any atom is -0.381 e. The zero-order chi connectivity index (χ0) is 12.9. The van der Waals surface area contributed by atoms with Gasteiger partial charge in [0.1, 0.15) is 0 Å². The molecule has 1 amide bonds. The molecule has 0 saturated carbocycles. The lowest BCUT2D eigenvalue weighted by Gasteiger charge is -2.33. The lowest BCUT2D eigenvalue weighted by atomic mass is 9.89. The van der Waals surface area contributed by atoms with E-state index in [0.717, 1.165) is 25.9 Å². The van der Waals surface area contributed by atoms with Gasteiger partial charge in [0.15, 0.2) is 0 Å². The van der Waals surface area contributed by atoms with E-state index in [4.69, 9.17) is 10.5 Å².